The van der Waals surface area contributed by atoms with Gasteiger partial charge in [0, 0.05) is 29.9 Å². The molecule has 2 rings (SSSR count). The molecule has 0 saturated carbocycles. The second-order valence-corrected chi connectivity index (χ2v) is 6.05. The lowest BCUT2D eigenvalue weighted by Crippen LogP contribution is -2.16. The molecule has 5 heteroatoms. The minimum Gasteiger partial charge on any atom is -0.491 e. The number of amides is 1. The summed E-state index contributed by atoms with van der Waals surface area (Å²) in [7, 11) is 0. The molecule has 25 heavy (non-hydrogen) atoms. The van der Waals surface area contributed by atoms with Crippen molar-refractivity contribution in [2.75, 3.05) is 17.2 Å². The molecule has 0 saturated heterocycles. The minimum absolute atomic E-state index is 0.0377. The Hall–Kier alpha value is -2.82. The summed E-state index contributed by atoms with van der Waals surface area (Å²) in [6, 6.07) is 14.5. The molecule has 132 valence electrons. The van der Waals surface area contributed by atoms with Crippen LogP contribution in [-0.4, -0.2) is 24.3 Å². The van der Waals surface area contributed by atoms with Crippen LogP contribution in [0.1, 0.15) is 37.6 Å². The topological polar surface area (TPSA) is 67.4 Å². The van der Waals surface area contributed by atoms with Crippen molar-refractivity contribution in [2.24, 2.45) is 0 Å². The van der Waals surface area contributed by atoms with Gasteiger partial charge < -0.3 is 15.4 Å². The quantitative estimate of drug-likeness (QED) is 0.710. The van der Waals surface area contributed by atoms with Crippen molar-refractivity contribution in [2.45, 2.75) is 33.3 Å². The van der Waals surface area contributed by atoms with Gasteiger partial charge in [0.25, 0.3) is 0 Å². The van der Waals surface area contributed by atoms with Crippen LogP contribution in [0, 0.1) is 0 Å². The predicted octanol–water partition coefficient (Wildman–Crippen LogP) is 4.12. The van der Waals surface area contributed by atoms with Gasteiger partial charge in [-0.05, 0) is 69.3 Å². The Balaban J connectivity index is 1.75. The van der Waals surface area contributed by atoms with Gasteiger partial charge in [-0.25, -0.2) is 0 Å². The van der Waals surface area contributed by atoms with Crippen LogP contribution in [0.3, 0.4) is 0 Å². The van der Waals surface area contributed by atoms with Crippen LogP contribution < -0.4 is 15.4 Å². The van der Waals surface area contributed by atoms with E-state index in [4.69, 9.17) is 4.74 Å². The summed E-state index contributed by atoms with van der Waals surface area (Å²) in [5, 5.41) is 6.02. The van der Waals surface area contributed by atoms with Gasteiger partial charge in [-0.2, -0.15) is 0 Å². The van der Waals surface area contributed by atoms with Crippen LogP contribution in [0.4, 0.5) is 11.4 Å². The molecule has 0 aliphatic carbocycles. The molecule has 0 bridgehead atoms. The lowest BCUT2D eigenvalue weighted by atomic mass is 10.1. The number of Topliss-reactive ketones (excluding diaryl/α,β-unsaturated/α-hetero) is 1. The van der Waals surface area contributed by atoms with Crippen molar-refractivity contribution in [3.63, 3.8) is 0 Å². The largest absolute Gasteiger partial charge is 0.491 e. The fraction of sp³-hybridized carbons (Fsp3) is 0.300. The first-order valence-corrected chi connectivity index (χ1v) is 8.35. The van der Waals surface area contributed by atoms with E-state index in [2.05, 4.69) is 10.6 Å². The van der Waals surface area contributed by atoms with E-state index in [9.17, 15) is 9.59 Å². The van der Waals surface area contributed by atoms with Crippen LogP contribution in [0.2, 0.25) is 0 Å². The number of ketones is 1. The number of ether oxygens (including phenoxy) is 1. The molecule has 0 atom stereocenters. The molecule has 1 amide bonds. The summed E-state index contributed by atoms with van der Waals surface area (Å²) >= 11 is 0. The van der Waals surface area contributed by atoms with Crippen molar-refractivity contribution in [1.82, 2.24) is 0 Å². The molecule has 0 unspecified atom stereocenters. The van der Waals surface area contributed by atoms with E-state index in [0.717, 1.165) is 17.1 Å². The van der Waals surface area contributed by atoms with Gasteiger partial charge in [0.2, 0.25) is 5.91 Å². The molecule has 0 aliphatic heterocycles. The van der Waals surface area contributed by atoms with Gasteiger partial charge >= 0.3 is 0 Å². The molecular formula is C20H24N2O3. The van der Waals surface area contributed by atoms with E-state index in [1.54, 1.807) is 12.1 Å². The second kappa shape index (κ2) is 8.87. The van der Waals surface area contributed by atoms with Crippen molar-refractivity contribution >= 4 is 23.1 Å². The highest BCUT2D eigenvalue weighted by Crippen LogP contribution is 2.17. The molecule has 0 aromatic heterocycles. The summed E-state index contributed by atoms with van der Waals surface area (Å²) in [5.74, 6) is 0.754. The zero-order chi connectivity index (χ0) is 18.2. The lowest BCUT2D eigenvalue weighted by molar-refractivity contribution is -0.115. The number of carbonyl (C=O) groups is 2. The molecule has 0 heterocycles. The molecule has 0 fully saturated rings. The van der Waals surface area contributed by atoms with E-state index >= 15 is 0 Å². The average molecular weight is 340 g/mol. The van der Waals surface area contributed by atoms with Crippen LogP contribution in [0.5, 0.6) is 5.75 Å². The van der Waals surface area contributed by atoms with E-state index < -0.39 is 0 Å². The summed E-state index contributed by atoms with van der Waals surface area (Å²) in [4.78, 5) is 23.2. The molecule has 2 aromatic carbocycles. The monoisotopic (exact) mass is 340 g/mol. The van der Waals surface area contributed by atoms with Crippen LogP contribution in [-0.2, 0) is 4.79 Å². The van der Waals surface area contributed by atoms with Crippen molar-refractivity contribution in [1.29, 1.82) is 0 Å². The number of anilines is 2. The van der Waals surface area contributed by atoms with Crippen LogP contribution >= 0.6 is 0 Å². The Morgan fingerprint density at radius 1 is 0.960 bits per heavy atom. The SMILES string of the molecule is CC(=O)c1ccc(NCCC(=O)Nc2ccc(OC(C)C)cc2)cc1. The fourth-order valence-electron chi connectivity index (χ4n) is 2.26. The van der Waals surface area contributed by atoms with E-state index in [1.165, 1.54) is 6.92 Å². The first-order chi connectivity index (χ1) is 11.9. The molecule has 2 N–H and O–H groups in total. The maximum Gasteiger partial charge on any atom is 0.226 e. The third kappa shape index (κ3) is 6.30. The Bertz CT molecular complexity index is 707. The fourth-order valence-corrected chi connectivity index (χ4v) is 2.26. The zero-order valence-corrected chi connectivity index (χ0v) is 14.8. The maximum absolute atomic E-state index is 12.0. The Kier molecular flexibility index (Phi) is 6.57. The molecule has 2 aromatic rings. The highest BCUT2D eigenvalue weighted by atomic mass is 16.5. The van der Waals surface area contributed by atoms with Gasteiger partial charge in [0.1, 0.15) is 5.75 Å². The third-order valence-corrected chi connectivity index (χ3v) is 3.48. The first kappa shape index (κ1) is 18.5. The van der Waals surface area contributed by atoms with Gasteiger partial charge in [0.15, 0.2) is 5.78 Å². The highest BCUT2D eigenvalue weighted by Gasteiger charge is 2.04. The van der Waals surface area contributed by atoms with Gasteiger partial charge in [-0.3, -0.25) is 9.59 Å². The lowest BCUT2D eigenvalue weighted by Gasteiger charge is -2.11. The Morgan fingerprint density at radius 2 is 1.56 bits per heavy atom. The first-order valence-electron chi connectivity index (χ1n) is 8.35. The summed E-state index contributed by atoms with van der Waals surface area (Å²) in [5.41, 5.74) is 2.30. The smallest absolute Gasteiger partial charge is 0.226 e. The normalized spacial score (nSPS) is 10.4. The second-order valence-electron chi connectivity index (χ2n) is 6.05. The van der Waals surface area contributed by atoms with Crippen molar-refractivity contribution in [3.8, 4) is 5.75 Å². The number of nitrogens with one attached hydrogen (secondary N) is 2. The van der Waals surface area contributed by atoms with E-state index in [1.807, 2.05) is 50.2 Å². The standard InChI is InChI=1S/C20H24N2O3/c1-14(2)25-19-10-8-18(9-11-19)22-20(24)12-13-21-17-6-4-16(5-7-17)15(3)23/h4-11,14,21H,12-13H2,1-3H3,(H,22,24). The Labute approximate surface area is 148 Å². The van der Waals surface area contributed by atoms with E-state index in [-0.39, 0.29) is 17.8 Å². The molecule has 5 nitrogen and oxygen atoms in total. The molecule has 0 radical (unpaired) electrons. The number of hydrogen-bond donors (Lipinski definition) is 2. The summed E-state index contributed by atoms with van der Waals surface area (Å²) < 4.78 is 5.57. The highest BCUT2D eigenvalue weighted by molar-refractivity contribution is 5.94. The Morgan fingerprint density at radius 3 is 2.12 bits per heavy atom. The van der Waals surface area contributed by atoms with Gasteiger partial charge in [-0.1, -0.05) is 0 Å². The van der Waals surface area contributed by atoms with Crippen molar-refractivity contribution < 1.29 is 14.3 Å². The number of rotatable bonds is 8. The third-order valence-electron chi connectivity index (χ3n) is 3.48. The number of benzene rings is 2. The zero-order valence-electron chi connectivity index (χ0n) is 14.8. The van der Waals surface area contributed by atoms with Crippen LogP contribution in [0.15, 0.2) is 48.5 Å². The summed E-state index contributed by atoms with van der Waals surface area (Å²) in [6.07, 6.45) is 0.467. The van der Waals surface area contributed by atoms with Gasteiger partial charge in [0.05, 0.1) is 6.10 Å². The van der Waals surface area contributed by atoms with Gasteiger partial charge in [-0.15, -0.1) is 0 Å². The number of carbonyl (C=O) groups excluding carboxylic acids is 2. The van der Waals surface area contributed by atoms with Crippen LogP contribution in [0.25, 0.3) is 0 Å². The van der Waals surface area contributed by atoms with E-state index in [0.29, 0.717) is 18.5 Å². The average Bonchev–Trinajstić information content (AvgIpc) is 2.56. The molecule has 0 spiro atoms. The maximum atomic E-state index is 12.0. The summed E-state index contributed by atoms with van der Waals surface area (Å²) in [6.45, 7) is 5.99. The predicted molar refractivity (Wildman–Crippen MR) is 100 cm³/mol. The number of hydrogen-bond acceptors (Lipinski definition) is 4. The molecule has 0 aliphatic rings. The minimum atomic E-state index is -0.0645. The molecular weight excluding hydrogens is 316 g/mol. The van der Waals surface area contributed by atoms with Crippen molar-refractivity contribution in [3.05, 3.63) is 54.1 Å².